The summed E-state index contributed by atoms with van der Waals surface area (Å²) in [6, 6.07) is 15.1. The number of thiazole rings is 1. The second-order valence-electron chi connectivity index (χ2n) is 11.7. The molecule has 10 nitrogen and oxygen atoms in total. The first-order chi connectivity index (χ1) is 20.2. The number of piperazine rings is 1. The second-order valence-corrected chi connectivity index (χ2v) is 12.7. The van der Waals surface area contributed by atoms with Crippen LogP contribution >= 0.6 is 23.7 Å². The maximum absolute atomic E-state index is 12.9. The van der Waals surface area contributed by atoms with Gasteiger partial charge in [0.15, 0.2) is 10.8 Å². The number of rotatable bonds is 6. The van der Waals surface area contributed by atoms with Crippen LogP contribution in [0.25, 0.3) is 26.4 Å². The largest absolute Gasteiger partial charge is 0.359 e. The van der Waals surface area contributed by atoms with E-state index in [1.165, 1.54) is 0 Å². The number of anilines is 2. The van der Waals surface area contributed by atoms with Crippen LogP contribution in [0.15, 0.2) is 59.3 Å². The smallest absolute Gasteiger partial charge is 0.324 e. The molecule has 43 heavy (non-hydrogen) atoms. The fourth-order valence-electron chi connectivity index (χ4n) is 5.09. The highest BCUT2D eigenvalue weighted by atomic mass is 35.5. The normalized spacial score (nSPS) is 14.2. The molecule has 2 aromatic carbocycles. The molecule has 3 amide bonds. The van der Waals surface area contributed by atoms with Crippen LogP contribution in [0, 0.1) is 0 Å². The molecule has 12 heteroatoms. The first kappa shape index (κ1) is 30.5. The predicted molar refractivity (Wildman–Crippen MR) is 174 cm³/mol. The molecule has 3 aromatic heterocycles. The Morgan fingerprint density at radius 2 is 1.74 bits per heavy atom. The molecule has 0 saturated carbocycles. The summed E-state index contributed by atoms with van der Waals surface area (Å²) in [6.07, 6.45) is 2.45. The lowest BCUT2D eigenvalue weighted by atomic mass is 9.93. The molecule has 0 atom stereocenters. The zero-order chi connectivity index (χ0) is 29.4. The van der Waals surface area contributed by atoms with Crippen molar-refractivity contribution in [2.24, 2.45) is 0 Å². The maximum atomic E-state index is 12.9. The Morgan fingerprint density at radius 1 is 1.00 bits per heavy atom. The van der Waals surface area contributed by atoms with Gasteiger partial charge in [0, 0.05) is 55.1 Å². The molecule has 0 unspecified atom stereocenters. The van der Waals surface area contributed by atoms with E-state index in [4.69, 9.17) is 9.51 Å². The van der Waals surface area contributed by atoms with Crippen LogP contribution in [-0.4, -0.2) is 69.0 Å². The van der Waals surface area contributed by atoms with Gasteiger partial charge in [-0.05, 0) is 36.4 Å². The number of halogens is 1. The highest BCUT2D eigenvalue weighted by Crippen LogP contribution is 2.31. The highest BCUT2D eigenvalue weighted by Gasteiger charge is 2.22. The van der Waals surface area contributed by atoms with E-state index in [2.05, 4.69) is 44.1 Å². The van der Waals surface area contributed by atoms with Gasteiger partial charge in [0.1, 0.15) is 5.76 Å². The summed E-state index contributed by atoms with van der Waals surface area (Å²) in [5.74, 6) is 1.25. The highest BCUT2D eigenvalue weighted by molar-refractivity contribution is 7.23. The molecule has 2 N–H and O–H groups in total. The van der Waals surface area contributed by atoms with E-state index < -0.39 is 6.03 Å². The van der Waals surface area contributed by atoms with Crippen LogP contribution in [0.4, 0.5) is 16.3 Å². The van der Waals surface area contributed by atoms with Gasteiger partial charge in [-0.2, -0.15) is 0 Å². The van der Waals surface area contributed by atoms with Crippen molar-refractivity contribution in [3.63, 3.8) is 0 Å². The Labute approximate surface area is 260 Å². The lowest BCUT2D eigenvalue weighted by Crippen LogP contribution is -2.48. The van der Waals surface area contributed by atoms with Crippen molar-refractivity contribution in [3.05, 3.63) is 66.1 Å². The number of likely N-dealkylation sites (N-methyl/N-ethyl adjacent to an activating group) is 1. The molecule has 4 heterocycles. The number of imidazole rings is 1. The van der Waals surface area contributed by atoms with E-state index >= 15 is 0 Å². The van der Waals surface area contributed by atoms with Crippen LogP contribution in [0.3, 0.4) is 0 Å². The van der Waals surface area contributed by atoms with Gasteiger partial charge >= 0.3 is 6.03 Å². The minimum Gasteiger partial charge on any atom is -0.359 e. The fourth-order valence-corrected chi connectivity index (χ4v) is 6.16. The number of nitrogens with one attached hydrogen (secondary N) is 2. The zero-order valence-electron chi connectivity index (χ0n) is 24.7. The molecule has 0 radical (unpaired) electrons. The second kappa shape index (κ2) is 12.4. The number of urea groups is 1. The van der Waals surface area contributed by atoms with E-state index in [1.807, 2.05) is 62.2 Å². The summed E-state index contributed by atoms with van der Waals surface area (Å²) in [5.41, 5.74) is 4.35. The molecule has 1 fully saturated rings. The number of nitrogens with zero attached hydrogens (tertiary/aromatic N) is 5. The quantitative estimate of drug-likeness (QED) is 0.231. The van der Waals surface area contributed by atoms with E-state index in [0.29, 0.717) is 23.7 Å². The van der Waals surface area contributed by atoms with Gasteiger partial charge in [0.05, 0.1) is 22.3 Å². The molecule has 1 aliphatic rings. The monoisotopic (exact) mass is 621 g/mol. The van der Waals surface area contributed by atoms with Crippen molar-refractivity contribution in [3.8, 4) is 11.3 Å². The number of hydrogen-bond acceptors (Lipinski definition) is 7. The lowest BCUT2D eigenvalue weighted by Gasteiger charge is -2.34. The molecule has 1 saturated heterocycles. The number of hydrogen-bond donors (Lipinski definition) is 2. The summed E-state index contributed by atoms with van der Waals surface area (Å²) in [5, 5.41) is 9.45. The Morgan fingerprint density at radius 3 is 2.42 bits per heavy atom. The number of carbonyl (C=O) groups excluding carboxylic acids is 2. The summed E-state index contributed by atoms with van der Waals surface area (Å²) in [6.45, 7) is 12.7. The maximum Gasteiger partial charge on any atom is 0.324 e. The molecular weight excluding hydrogens is 586 g/mol. The van der Waals surface area contributed by atoms with Gasteiger partial charge in [-0.15, -0.1) is 12.4 Å². The molecule has 0 aliphatic carbocycles. The van der Waals surface area contributed by atoms with Crippen molar-refractivity contribution in [2.75, 3.05) is 43.4 Å². The van der Waals surface area contributed by atoms with Crippen LogP contribution < -0.4 is 10.6 Å². The topological polar surface area (TPSA) is 108 Å². The molecule has 6 rings (SSSR count). The van der Waals surface area contributed by atoms with E-state index in [-0.39, 0.29) is 23.7 Å². The van der Waals surface area contributed by atoms with Crippen molar-refractivity contribution in [1.82, 2.24) is 24.3 Å². The Hall–Kier alpha value is -3.93. The number of benzene rings is 2. The average molecular weight is 622 g/mol. The summed E-state index contributed by atoms with van der Waals surface area (Å²) < 4.78 is 8.52. The number of fused-ring (bicyclic) bond motifs is 3. The first-order valence-electron chi connectivity index (χ1n) is 14.2. The zero-order valence-corrected chi connectivity index (χ0v) is 26.3. The van der Waals surface area contributed by atoms with Gasteiger partial charge in [-0.1, -0.05) is 62.4 Å². The van der Waals surface area contributed by atoms with Crippen LogP contribution in [0.2, 0.25) is 0 Å². The van der Waals surface area contributed by atoms with Gasteiger partial charge in [0.25, 0.3) is 0 Å². The van der Waals surface area contributed by atoms with Gasteiger partial charge in [-0.3, -0.25) is 14.5 Å². The van der Waals surface area contributed by atoms with Gasteiger partial charge in [-0.25, -0.2) is 9.78 Å². The van der Waals surface area contributed by atoms with E-state index in [1.54, 1.807) is 17.4 Å². The Kier molecular flexibility index (Phi) is 8.77. The van der Waals surface area contributed by atoms with Gasteiger partial charge < -0.3 is 19.6 Å². The molecule has 5 aromatic rings. The van der Waals surface area contributed by atoms with Crippen molar-refractivity contribution >= 4 is 62.4 Å². The summed E-state index contributed by atoms with van der Waals surface area (Å²) in [7, 11) is 0. The third-order valence-corrected chi connectivity index (χ3v) is 8.63. The van der Waals surface area contributed by atoms with E-state index in [9.17, 15) is 9.59 Å². The van der Waals surface area contributed by atoms with Crippen LogP contribution in [0.5, 0.6) is 0 Å². The van der Waals surface area contributed by atoms with Crippen molar-refractivity contribution < 1.29 is 14.1 Å². The summed E-state index contributed by atoms with van der Waals surface area (Å²) >= 11 is 1.61. The predicted octanol–water partition coefficient (Wildman–Crippen LogP) is 6.27. The fraction of sp³-hybridized carbons (Fsp3) is 0.355. The molecule has 1 aliphatic heterocycles. The third-order valence-electron chi connectivity index (χ3n) is 7.62. The summed E-state index contributed by atoms with van der Waals surface area (Å²) in [4.78, 5) is 35.4. The Bertz CT molecular complexity index is 1740. The number of amides is 3. The molecule has 0 spiro atoms. The standard InChI is InChI=1S/C31H35N7O3S.ClH/c1-5-36-12-14-37(15-13-36)28(39)17-20-6-11-24-25(16-20)42-30-33-23(19-38(24)30)21-7-9-22(10-8-21)32-29(40)34-27-18-26(41-35-27)31(2,3)4;/h6-11,16,18-19H,5,12-15,17H2,1-4H3,(H2,32,34,35,40);1H. The van der Waals surface area contributed by atoms with Gasteiger partial charge in [0.2, 0.25) is 5.91 Å². The molecule has 0 bridgehead atoms. The number of aromatic nitrogens is 3. The van der Waals surface area contributed by atoms with Crippen LogP contribution in [0.1, 0.15) is 39.0 Å². The SMILES string of the molecule is CCN1CCN(C(=O)Cc2ccc3c(c2)sc2nc(-c4ccc(NC(=O)Nc5cc(C(C)(C)C)on5)cc4)cn23)CC1.Cl. The van der Waals surface area contributed by atoms with Crippen molar-refractivity contribution in [1.29, 1.82) is 0 Å². The van der Waals surface area contributed by atoms with Crippen molar-refractivity contribution in [2.45, 2.75) is 39.5 Å². The first-order valence-corrected chi connectivity index (χ1v) is 15.0. The van der Waals surface area contributed by atoms with E-state index in [0.717, 1.165) is 64.7 Å². The Balaban J connectivity index is 0.00000368. The minimum absolute atomic E-state index is 0. The van der Waals surface area contributed by atoms with Crippen LogP contribution in [-0.2, 0) is 16.6 Å². The number of carbonyl (C=O) groups is 2. The molecule has 226 valence electrons. The lowest BCUT2D eigenvalue weighted by molar-refractivity contribution is -0.132. The minimum atomic E-state index is -0.398. The average Bonchev–Trinajstić information content (AvgIpc) is 3.68. The molecular formula is C31H36ClN7O3S. The third kappa shape index (κ3) is 6.69.